The number of piperidine rings is 1. The summed E-state index contributed by atoms with van der Waals surface area (Å²) in [6.07, 6.45) is 4.92. The summed E-state index contributed by atoms with van der Waals surface area (Å²) >= 11 is 0. The van der Waals surface area contributed by atoms with Crippen LogP contribution in [0.3, 0.4) is 0 Å². The lowest BCUT2D eigenvalue weighted by molar-refractivity contribution is 0.170. The van der Waals surface area contributed by atoms with Crippen LogP contribution in [0.15, 0.2) is 82.7 Å². The quantitative estimate of drug-likeness (QED) is 0.298. The first-order chi connectivity index (χ1) is 18.2. The minimum absolute atomic E-state index is 0. The van der Waals surface area contributed by atoms with Crippen LogP contribution in [0, 0.1) is 11.6 Å². The number of aromatic amines is 1. The van der Waals surface area contributed by atoms with Gasteiger partial charge < -0.3 is 14.8 Å². The van der Waals surface area contributed by atoms with Crippen molar-refractivity contribution in [3.63, 3.8) is 0 Å². The number of H-pyrrole nitrogens is 1. The van der Waals surface area contributed by atoms with Crippen LogP contribution >= 0.6 is 12.4 Å². The van der Waals surface area contributed by atoms with E-state index < -0.39 is 21.5 Å². The van der Waals surface area contributed by atoms with Crippen molar-refractivity contribution in [2.75, 3.05) is 24.5 Å². The third-order valence-corrected chi connectivity index (χ3v) is 9.30. The molecule has 1 saturated heterocycles. The highest BCUT2D eigenvalue weighted by atomic mass is 35.5. The largest absolute Gasteiger partial charge is 0.368 e. The Balaban J connectivity index is 0.000000297. The van der Waals surface area contributed by atoms with Gasteiger partial charge >= 0.3 is 0 Å². The van der Waals surface area contributed by atoms with E-state index in [-0.39, 0.29) is 22.2 Å². The van der Waals surface area contributed by atoms with E-state index >= 15 is 0 Å². The molecule has 39 heavy (non-hydrogen) atoms. The van der Waals surface area contributed by atoms with Crippen molar-refractivity contribution in [3.05, 3.63) is 90.1 Å². The number of sulfone groups is 1. The Hall–Kier alpha value is -2.94. The molecule has 0 aliphatic carbocycles. The monoisotopic (exact) mass is 573 g/mol. The van der Waals surface area contributed by atoms with Crippen molar-refractivity contribution < 1.29 is 17.2 Å². The Morgan fingerprint density at radius 3 is 2.23 bits per heavy atom. The average Bonchev–Trinajstić information content (AvgIpc) is 3.55. The fourth-order valence-electron chi connectivity index (χ4n) is 5.48. The Labute approximate surface area is 235 Å². The molecule has 5 nitrogen and oxygen atoms in total. The third-order valence-electron chi connectivity index (χ3n) is 7.57. The van der Waals surface area contributed by atoms with E-state index in [1.165, 1.54) is 10.9 Å². The van der Waals surface area contributed by atoms with E-state index in [9.17, 15) is 17.2 Å². The van der Waals surface area contributed by atoms with Crippen molar-refractivity contribution in [2.45, 2.75) is 55.0 Å². The molecule has 9 heteroatoms. The highest BCUT2D eigenvalue weighted by Gasteiger charge is 2.31. The van der Waals surface area contributed by atoms with E-state index in [1.54, 1.807) is 12.1 Å². The number of likely N-dealkylation sites (tertiary alicyclic amines) is 1. The molecule has 3 aromatic carbocycles. The molecule has 208 valence electrons. The number of para-hydroxylation sites is 1. The summed E-state index contributed by atoms with van der Waals surface area (Å²) in [7, 11) is -3.97. The first kappa shape index (κ1) is 29.1. The van der Waals surface area contributed by atoms with Gasteiger partial charge in [-0.3, -0.25) is 0 Å². The zero-order valence-corrected chi connectivity index (χ0v) is 23.7. The smallest absolute Gasteiger partial charge is 0.206 e. The summed E-state index contributed by atoms with van der Waals surface area (Å²) < 4.78 is 52.8. The molecule has 1 aromatic heterocycles. The maximum Gasteiger partial charge on any atom is 0.206 e. The second-order valence-corrected chi connectivity index (χ2v) is 12.2. The lowest BCUT2D eigenvalue weighted by Gasteiger charge is -2.39. The van der Waals surface area contributed by atoms with Crippen molar-refractivity contribution in [1.82, 2.24) is 9.88 Å². The van der Waals surface area contributed by atoms with Crippen molar-refractivity contribution in [3.8, 4) is 0 Å². The number of benzene rings is 3. The van der Waals surface area contributed by atoms with E-state index in [0.29, 0.717) is 18.2 Å². The van der Waals surface area contributed by atoms with Gasteiger partial charge in [-0.15, -0.1) is 12.4 Å². The lowest BCUT2D eigenvalue weighted by Crippen LogP contribution is -2.46. The van der Waals surface area contributed by atoms with Crippen molar-refractivity contribution in [1.29, 1.82) is 0 Å². The number of nitrogens with one attached hydrogen (secondary N) is 1. The number of aromatic nitrogens is 1. The Kier molecular flexibility index (Phi) is 8.99. The molecule has 6 rings (SSSR count). The van der Waals surface area contributed by atoms with Crippen LogP contribution in [0.2, 0.25) is 0 Å². The molecule has 1 fully saturated rings. The van der Waals surface area contributed by atoms with Gasteiger partial charge in [0.25, 0.3) is 0 Å². The molecule has 4 aromatic rings. The van der Waals surface area contributed by atoms with E-state index in [1.807, 2.05) is 24.4 Å². The predicted molar refractivity (Wildman–Crippen MR) is 155 cm³/mol. The molecule has 0 atom stereocenters. The summed E-state index contributed by atoms with van der Waals surface area (Å²) in [5.41, 5.74) is 3.27. The fourth-order valence-corrected chi connectivity index (χ4v) is 6.83. The Morgan fingerprint density at radius 2 is 1.56 bits per heavy atom. The summed E-state index contributed by atoms with van der Waals surface area (Å²) in [6.45, 7) is 7.47. The average molecular weight is 574 g/mol. The number of hydrogen-bond acceptors (Lipinski definition) is 4. The first-order valence-corrected chi connectivity index (χ1v) is 14.6. The first-order valence-electron chi connectivity index (χ1n) is 13.1. The number of rotatable bonds is 4. The number of halogens is 3. The van der Waals surface area contributed by atoms with Crippen LogP contribution in [-0.2, 0) is 16.3 Å². The molecule has 3 heterocycles. The third kappa shape index (κ3) is 6.29. The Bertz CT molecular complexity index is 1480. The van der Waals surface area contributed by atoms with Gasteiger partial charge in [-0.05, 0) is 86.5 Å². The van der Waals surface area contributed by atoms with Gasteiger partial charge in [0.1, 0.15) is 11.6 Å². The standard InChI is InChI=1S/C22H26F2N2O2S.C8H7N.ClH/c1-15(2)25-8-6-19(7-9-25)26-10-5-16-11-20(3-4-22(16)26)29(27,28)21-13-17(23)12-18(24)14-21;1-2-4-8-7(3-1)5-6-9-8;/h3-4,11-15,19H,5-10H2,1-2H3;1-6,9H;1H. The number of nitrogens with zero attached hydrogens (tertiary/aromatic N) is 2. The number of hydrogen-bond donors (Lipinski definition) is 1. The molecule has 0 amide bonds. The topological polar surface area (TPSA) is 56.4 Å². The minimum Gasteiger partial charge on any atom is -0.368 e. The number of anilines is 1. The van der Waals surface area contributed by atoms with Crippen LogP contribution in [0.25, 0.3) is 10.9 Å². The number of fused-ring (bicyclic) bond motifs is 2. The van der Waals surface area contributed by atoms with Crippen LogP contribution in [0.4, 0.5) is 14.5 Å². The van der Waals surface area contributed by atoms with E-state index in [0.717, 1.165) is 62.3 Å². The summed E-state index contributed by atoms with van der Waals surface area (Å²) in [6, 6.07) is 18.8. The molecule has 1 N–H and O–H groups in total. The van der Waals surface area contributed by atoms with Crippen LogP contribution in [0.1, 0.15) is 32.3 Å². The normalized spacial score (nSPS) is 16.1. The maximum atomic E-state index is 13.5. The van der Waals surface area contributed by atoms with Gasteiger partial charge in [0.2, 0.25) is 9.84 Å². The van der Waals surface area contributed by atoms with Gasteiger partial charge in [0.05, 0.1) is 9.79 Å². The van der Waals surface area contributed by atoms with Gasteiger partial charge in [0, 0.05) is 55.2 Å². The molecule has 0 bridgehead atoms. The summed E-state index contributed by atoms with van der Waals surface area (Å²) in [5.74, 6) is -1.80. The second kappa shape index (κ2) is 12.1. The molecule has 0 spiro atoms. The Morgan fingerprint density at radius 1 is 0.872 bits per heavy atom. The fraction of sp³-hybridized carbons (Fsp3) is 0.333. The van der Waals surface area contributed by atoms with E-state index in [4.69, 9.17) is 0 Å². The molecule has 0 saturated carbocycles. The van der Waals surface area contributed by atoms with Crippen molar-refractivity contribution in [2.24, 2.45) is 0 Å². The molecule has 0 unspecified atom stereocenters. The zero-order valence-electron chi connectivity index (χ0n) is 22.1. The molecule has 2 aliphatic rings. The maximum absolute atomic E-state index is 13.5. The molecule has 2 aliphatic heterocycles. The summed E-state index contributed by atoms with van der Waals surface area (Å²) in [5, 5.41) is 1.28. The van der Waals surface area contributed by atoms with Crippen molar-refractivity contribution >= 4 is 38.8 Å². The molecular formula is C30H34ClF2N3O2S. The zero-order chi connectivity index (χ0) is 26.9. The van der Waals surface area contributed by atoms with Gasteiger partial charge in [0.15, 0.2) is 0 Å². The highest BCUT2D eigenvalue weighted by molar-refractivity contribution is 7.91. The lowest BCUT2D eigenvalue weighted by atomic mass is 10.0. The molecule has 0 radical (unpaired) electrons. The van der Waals surface area contributed by atoms with Gasteiger partial charge in [-0.25, -0.2) is 17.2 Å². The second-order valence-electron chi connectivity index (χ2n) is 10.3. The highest BCUT2D eigenvalue weighted by Crippen LogP contribution is 2.35. The van der Waals surface area contributed by atoms with E-state index in [2.05, 4.69) is 46.8 Å². The summed E-state index contributed by atoms with van der Waals surface area (Å²) in [4.78, 5) is 7.73. The predicted octanol–water partition coefficient (Wildman–Crippen LogP) is 6.62. The SMILES string of the molecule is CC(C)N1CCC(N2CCc3cc(S(=O)(=O)c4cc(F)cc(F)c4)ccc32)CC1.Cl.c1ccc2[nH]ccc2c1. The minimum atomic E-state index is -3.97. The van der Waals surface area contributed by atoms with Gasteiger partial charge in [-0.1, -0.05) is 18.2 Å². The van der Waals surface area contributed by atoms with Crippen LogP contribution < -0.4 is 4.90 Å². The van der Waals surface area contributed by atoms with Crippen LogP contribution in [0.5, 0.6) is 0 Å². The van der Waals surface area contributed by atoms with Crippen LogP contribution in [-0.4, -0.2) is 50.0 Å². The van der Waals surface area contributed by atoms with Gasteiger partial charge in [-0.2, -0.15) is 0 Å². The molecular weight excluding hydrogens is 540 g/mol.